The van der Waals surface area contributed by atoms with Gasteiger partial charge in [0.05, 0.1) is 23.2 Å². The van der Waals surface area contributed by atoms with Crippen molar-refractivity contribution >= 4 is 22.6 Å². The van der Waals surface area contributed by atoms with Crippen molar-refractivity contribution in [2.45, 2.75) is 13.0 Å². The topological polar surface area (TPSA) is 27.1 Å². The summed E-state index contributed by atoms with van der Waals surface area (Å²) in [4.78, 5) is 4.66. The van der Waals surface area contributed by atoms with Crippen molar-refractivity contribution in [3.8, 4) is 17.1 Å². The Morgan fingerprint density at radius 3 is 2.48 bits per heavy atom. The molecule has 0 fully saturated rings. The summed E-state index contributed by atoms with van der Waals surface area (Å²) in [5, 5.41) is 0.682. The quantitative estimate of drug-likeness (QED) is 0.385. The van der Waals surface area contributed by atoms with Crippen LogP contribution in [0.3, 0.4) is 0 Å². The molecule has 0 saturated heterocycles. The Morgan fingerprint density at radius 2 is 1.67 bits per heavy atom. The molecule has 27 heavy (non-hydrogen) atoms. The molecular formula is C22H18ClFN2O. The first-order valence-electron chi connectivity index (χ1n) is 8.81. The predicted octanol–water partition coefficient (Wildman–Crippen LogP) is 5.96. The molecule has 0 radical (unpaired) electrons. The van der Waals surface area contributed by atoms with Crippen molar-refractivity contribution in [3.63, 3.8) is 0 Å². The van der Waals surface area contributed by atoms with Gasteiger partial charge < -0.3 is 9.30 Å². The maximum absolute atomic E-state index is 14.3. The second-order valence-electron chi connectivity index (χ2n) is 6.21. The van der Waals surface area contributed by atoms with Gasteiger partial charge in [-0.05, 0) is 55.0 Å². The van der Waals surface area contributed by atoms with E-state index in [-0.39, 0.29) is 5.82 Å². The summed E-state index contributed by atoms with van der Waals surface area (Å²) in [6.45, 7) is 1.22. The van der Waals surface area contributed by atoms with Crippen LogP contribution in [0.15, 0.2) is 72.8 Å². The molecule has 0 aliphatic carbocycles. The van der Waals surface area contributed by atoms with E-state index in [1.165, 1.54) is 6.07 Å². The number of ether oxygens (including phenoxy) is 1. The summed E-state index contributed by atoms with van der Waals surface area (Å²) in [6, 6.07) is 21.9. The highest BCUT2D eigenvalue weighted by molar-refractivity contribution is 6.30. The molecule has 4 rings (SSSR count). The Labute approximate surface area is 162 Å². The Balaban J connectivity index is 1.56. The molecule has 5 heteroatoms. The highest BCUT2D eigenvalue weighted by Gasteiger charge is 2.15. The molecule has 1 heterocycles. The average molecular weight is 381 g/mol. The Morgan fingerprint density at radius 1 is 0.926 bits per heavy atom. The van der Waals surface area contributed by atoms with Crippen LogP contribution in [0, 0.1) is 5.82 Å². The SMILES string of the molecule is Fc1ccccc1-c1nc2ccccc2n1CCCOc1ccc(Cl)cc1. The summed E-state index contributed by atoms with van der Waals surface area (Å²) in [6.07, 6.45) is 0.768. The van der Waals surface area contributed by atoms with Gasteiger partial charge in [-0.1, -0.05) is 35.9 Å². The molecule has 0 unspecified atom stereocenters. The van der Waals surface area contributed by atoms with Gasteiger partial charge in [-0.2, -0.15) is 0 Å². The summed E-state index contributed by atoms with van der Waals surface area (Å²) in [7, 11) is 0. The number of hydrogen-bond donors (Lipinski definition) is 0. The summed E-state index contributed by atoms with van der Waals surface area (Å²) >= 11 is 5.89. The highest BCUT2D eigenvalue weighted by Crippen LogP contribution is 2.27. The number of hydrogen-bond acceptors (Lipinski definition) is 2. The van der Waals surface area contributed by atoms with Gasteiger partial charge in [-0.15, -0.1) is 0 Å². The van der Waals surface area contributed by atoms with E-state index in [1.807, 2.05) is 42.5 Å². The zero-order chi connectivity index (χ0) is 18.6. The summed E-state index contributed by atoms with van der Waals surface area (Å²) in [5.74, 6) is 1.15. The van der Waals surface area contributed by atoms with Crippen molar-refractivity contribution in [3.05, 3.63) is 83.6 Å². The standard InChI is InChI=1S/C22H18ClFN2O/c23-16-10-12-17(13-11-16)27-15-5-14-26-21-9-4-3-8-20(21)25-22(26)18-6-1-2-7-19(18)24/h1-4,6-13H,5,14-15H2. The number of imidazole rings is 1. The van der Waals surface area contributed by atoms with E-state index in [2.05, 4.69) is 9.55 Å². The third kappa shape index (κ3) is 3.81. The van der Waals surface area contributed by atoms with Gasteiger partial charge in [0.15, 0.2) is 0 Å². The molecule has 4 aromatic rings. The lowest BCUT2D eigenvalue weighted by atomic mass is 10.2. The number of nitrogens with zero attached hydrogens (tertiary/aromatic N) is 2. The van der Waals surface area contributed by atoms with Crippen LogP contribution >= 0.6 is 11.6 Å². The Bertz CT molecular complexity index is 1060. The number of halogens is 2. The zero-order valence-electron chi connectivity index (χ0n) is 14.6. The fourth-order valence-corrected chi connectivity index (χ4v) is 3.22. The fourth-order valence-electron chi connectivity index (χ4n) is 3.09. The monoisotopic (exact) mass is 380 g/mol. The lowest BCUT2D eigenvalue weighted by molar-refractivity contribution is 0.303. The first-order chi connectivity index (χ1) is 13.2. The molecule has 3 nitrogen and oxygen atoms in total. The van der Waals surface area contributed by atoms with E-state index in [0.717, 1.165) is 23.2 Å². The van der Waals surface area contributed by atoms with Gasteiger partial charge in [0.1, 0.15) is 17.4 Å². The van der Waals surface area contributed by atoms with Crippen LogP contribution in [0.5, 0.6) is 5.75 Å². The van der Waals surface area contributed by atoms with Crippen molar-refractivity contribution in [1.29, 1.82) is 0 Å². The third-order valence-electron chi connectivity index (χ3n) is 4.38. The third-order valence-corrected chi connectivity index (χ3v) is 4.63. The van der Waals surface area contributed by atoms with Crippen molar-refractivity contribution < 1.29 is 9.13 Å². The van der Waals surface area contributed by atoms with E-state index in [4.69, 9.17) is 16.3 Å². The van der Waals surface area contributed by atoms with Gasteiger partial charge >= 0.3 is 0 Å². The van der Waals surface area contributed by atoms with Crippen LogP contribution in [0.4, 0.5) is 4.39 Å². The van der Waals surface area contributed by atoms with E-state index in [9.17, 15) is 4.39 Å². The molecule has 0 amide bonds. The first-order valence-corrected chi connectivity index (χ1v) is 9.19. The van der Waals surface area contributed by atoms with Gasteiger partial charge in [0.2, 0.25) is 0 Å². The van der Waals surface area contributed by atoms with Crippen LogP contribution in [-0.2, 0) is 6.54 Å². The Kier molecular flexibility index (Phi) is 5.07. The number of aryl methyl sites for hydroxylation is 1. The van der Waals surface area contributed by atoms with Crippen molar-refractivity contribution in [2.24, 2.45) is 0 Å². The molecule has 136 valence electrons. The molecule has 3 aromatic carbocycles. The lowest BCUT2D eigenvalue weighted by Gasteiger charge is -2.11. The maximum atomic E-state index is 14.3. The van der Waals surface area contributed by atoms with Gasteiger partial charge in [0.25, 0.3) is 0 Å². The van der Waals surface area contributed by atoms with Crippen LogP contribution in [0.2, 0.25) is 5.02 Å². The lowest BCUT2D eigenvalue weighted by Crippen LogP contribution is -2.06. The number of fused-ring (bicyclic) bond motifs is 1. The van der Waals surface area contributed by atoms with Crippen LogP contribution < -0.4 is 4.74 Å². The van der Waals surface area contributed by atoms with E-state index < -0.39 is 0 Å². The summed E-state index contributed by atoms with van der Waals surface area (Å²) < 4.78 is 22.2. The minimum Gasteiger partial charge on any atom is -0.494 e. The summed E-state index contributed by atoms with van der Waals surface area (Å²) in [5.41, 5.74) is 2.35. The van der Waals surface area contributed by atoms with Crippen molar-refractivity contribution in [2.75, 3.05) is 6.61 Å². The largest absolute Gasteiger partial charge is 0.494 e. The highest BCUT2D eigenvalue weighted by atomic mass is 35.5. The number of rotatable bonds is 6. The first kappa shape index (κ1) is 17.6. The molecule has 0 aliphatic rings. The zero-order valence-corrected chi connectivity index (χ0v) is 15.4. The molecule has 0 bridgehead atoms. The number of aromatic nitrogens is 2. The number of para-hydroxylation sites is 2. The van der Waals surface area contributed by atoms with Crippen molar-refractivity contribution in [1.82, 2.24) is 9.55 Å². The normalized spacial score (nSPS) is 11.0. The van der Waals surface area contributed by atoms with Crippen LogP contribution in [0.25, 0.3) is 22.4 Å². The van der Waals surface area contributed by atoms with E-state index >= 15 is 0 Å². The van der Waals surface area contributed by atoms with E-state index in [0.29, 0.717) is 29.6 Å². The Hall–Kier alpha value is -2.85. The minimum atomic E-state index is -0.272. The molecule has 0 N–H and O–H groups in total. The van der Waals surface area contributed by atoms with Gasteiger partial charge in [0, 0.05) is 11.6 Å². The average Bonchev–Trinajstić information content (AvgIpc) is 3.05. The van der Waals surface area contributed by atoms with Crippen LogP contribution in [-0.4, -0.2) is 16.2 Å². The molecule has 1 aromatic heterocycles. The molecule has 0 atom stereocenters. The smallest absolute Gasteiger partial charge is 0.144 e. The predicted molar refractivity (Wildman–Crippen MR) is 107 cm³/mol. The molecule has 0 spiro atoms. The number of benzene rings is 3. The second kappa shape index (κ2) is 7.80. The second-order valence-corrected chi connectivity index (χ2v) is 6.65. The molecular weight excluding hydrogens is 363 g/mol. The maximum Gasteiger partial charge on any atom is 0.144 e. The molecule has 0 saturated carbocycles. The fraction of sp³-hybridized carbons (Fsp3) is 0.136. The van der Waals surface area contributed by atoms with E-state index in [1.54, 1.807) is 24.3 Å². The van der Waals surface area contributed by atoms with Gasteiger partial charge in [-0.3, -0.25) is 0 Å². The van der Waals surface area contributed by atoms with Gasteiger partial charge in [-0.25, -0.2) is 9.37 Å². The van der Waals surface area contributed by atoms with Crippen LogP contribution in [0.1, 0.15) is 6.42 Å². The molecule has 0 aliphatic heterocycles. The minimum absolute atomic E-state index is 0.272.